The number of non-ortho nitro benzene ring substituents is 1. The first-order valence-electron chi connectivity index (χ1n) is 9.39. The number of nitrogens with zero attached hydrogens (tertiary/aromatic N) is 4. The van der Waals surface area contributed by atoms with Crippen molar-refractivity contribution in [3.05, 3.63) is 75.5 Å². The van der Waals surface area contributed by atoms with E-state index in [1.165, 1.54) is 30.0 Å². The van der Waals surface area contributed by atoms with Crippen molar-refractivity contribution < 1.29 is 14.5 Å². The Morgan fingerprint density at radius 1 is 1.32 bits per heavy atom. The second-order valence-corrected chi connectivity index (χ2v) is 6.57. The second kappa shape index (κ2) is 9.41. The molecule has 31 heavy (non-hydrogen) atoms. The van der Waals surface area contributed by atoms with Gasteiger partial charge < -0.3 is 15.8 Å². The Hall–Kier alpha value is -4.39. The number of aromatic nitrogens is 2. The van der Waals surface area contributed by atoms with Crippen molar-refractivity contribution in [1.29, 1.82) is 5.26 Å². The van der Waals surface area contributed by atoms with Crippen LogP contribution in [0.1, 0.15) is 28.0 Å². The van der Waals surface area contributed by atoms with Gasteiger partial charge in [0, 0.05) is 24.4 Å². The fraction of sp³-hybridized carbons (Fsp3) is 0.190. The maximum atomic E-state index is 12.0. The highest BCUT2D eigenvalue weighted by molar-refractivity contribution is 5.96. The fourth-order valence-corrected chi connectivity index (χ4v) is 3.10. The fourth-order valence-electron chi connectivity index (χ4n) is 3.10. The van der Waals surface area contributed by atoms with Crippen molar-refractivity contribution in [2.45, 2.75) is 12.8 Å². The molecule has 0 fully saturated rings. The molecule has 1 aromatic heterocycles. The number of carbonyl (C=O) groups excluding carboxylic acids is 1. The number of nitro benzene ring substituents is 1. The molecular formula is C21H20N6O4. The summed E-state index contributed by atoms with van der Waals surface area (Å²) in [5, 5.41) is 28.0. The van der Waals surface area contributed by atoms with Crippen LogP contribution in [0.3, 0.4) is 0 Å². The zero-order valence-electron chi connectivity index (χ0n) is 16.7. The smallest absolute Gasteiger partial charge is 0.340 e. The van der Waals surface area contributed by atoms with Gasteiger partial charge in [-0.1, -0.05) is 18.2 Å². The molecule has 0 atom stereocenters. The summed E-state index contributed by atoms with van der Waals surface area (Å²) < 4.78 is 6.25. The van der Waals surface area contributed by atoms with Gasteiger partial charge in [-0.05, 0) is 31.0 Å². The van der Waals surface area contributed by atoms with Gasteiger partial charge in [0.2, 0.25) is 0 Å². The topological polar surface area (TPSA) is 149 Å². The number of rotatable bonds is 8. The van der Waals surface area contributed by atoms with Gasteiger partial charge in [-0.2, -0.15) is 10.4 Å². The number of methoxy groups -OCH3 is 1. The number of carbonyl (C=O) groups is 1. The molecule has 0 aliphatic carbocycles. The average molecular weight is 420 g/mol. The molecule has 0 aliphatic rings. The lowest BCUT2D eigenvalue weighted by molar-refractivity contribution is -0.384. The number of ether oxygens (including phenoxy) is 1. The summed E-state index contributed by atoms with van der Waals surface area (Å²) in [6.45, 7) is 0.435. The Bertz CT molecular complexity index is 1150. The van der Waals surface area contributed by atoms with Crippen LogP contribution in [-0.4, -0.2) is 34.3 Å². The third-order valence-electron chi connectivity index (χ3n) is 4.63. The number of hydrogen-bond acceptors (Lipinski definition) is 8. The molecule has 0 saturated carbocycles. The molecule has 3 N–H and O–H groups in total. The zero-order chi connectivity index (χ0) is 22.4. The molecule has 0 aliphatic heterocycles. The quantitative estimate of drug-likeness (QED) is 0.244. The van der Waals surface area contributed by atoms with Crippen LogP contribution in [0.2, 0.25) is 0 Å². The van der Waals surface area contributed by atoms with Crippen molar-refractivity contribution in [2.75, 3.05) is 24.7 Å². The van der Waals surface area contributed by atoms with E-state index < -0.39 is 10.9 Å². The molecule has 3 aromatic rings. The molecule has 10 nitrogen and oxygen atoms in total. The normalized spacial score (nSPS) is 10.3. The number of nitro groups is 1. The number of nitriles is 1. The lowest BCUT2D eigenvalue weighted by atomic mass is 10.1. The number of benzene rings is 2. The van der Waals surface area contributed by atoms with Crippen LogP contribution in [0.25, 0.3) is 5.69 Å². The van der Waals surface area contributed by atoms with Crippen LogP contribution in [0.15, 0.2) is 48.5 Å². The van der Waals surface area contributed by atoms with E-state index in [4.69, 9.17) is 10.5 Å². The van der Waals surface area contributed by atoms with E-state index in [-0.39, 0.29) is 17.1 Å². The lowest BCUT2D eigenvalue weighted by Gasteiger charge is -2.10. The van der Waals surface area contributed by atoms with Gasteiger partial charge in [-0.3, -0.25) is 10.1 Å². The van der Waals surface area contributed by atoms with Crippen LogP contribution in [0.5, 0.6) is 0 Å². The van der Waals surface area contributed by atoms with Gasteiger partial charge in [0.25, 0.3) is 5.69 Å². The Labute approximate surface area is 178 Å². The number of esters is 1. The summed E-state index contributed by atoms with van der Waals surface area (Å²) in [6.07, 6.45) is 1.05. The van der Waals surface area contributed by atoms with E-state index in [0.29, 0.717) is 36.3 Å². The van der Waals surface area contributed by atoms with Crippen LogP contribution < -0.4 is 11.1 Å². The van der Waals surface area contributed by atoms with Crippen molar-refractivity contribution in [3.63, 3.8) is 0 Å². The first-order valence-corrected chi connectivity index (χ1v) is 9.39. The van der Waals surface area contributed by atoms with Crippen molar-refractivity contribution in [3.8, 4) is 11.8 Å². The van der Waals surface area contributed by atoms with E-state index >= 15 is 0 Å². The third-order valence-corrected chi connectivity index (χ3v) is 4.63. The molecule has 2 aromatic carbocycles. The standard InChI is InChI=1S/C21H20N6O4/c1-31-21(28)16-12-15(27(29)30)9-10-18(16)24-11-5-8-19-17(13-22)20(23)26(25-19)14-6-3-2-4-7-14/h2-4,6-7,9-10,12,24H,5,8,11,23H2,1H3. The molecule has 0 bridgehead atoms. The molecule has 10 heteroatoms. The highest BCUT2D eigenvalue weighted by atomic mass is 16.6. The first-order chi connectivity index (χ1) is 15.0. The minimum Gasteiger partial charge on any atom is -0.465 e. The molecule has 1 heterocycles. The Kier molecular flexibility index (Phi) is 6.47. The molecule has 0 unspecified atom stereocenters. The number of hydrogen-bond donors (Lipinski definition) is 2. The van der Waals surface area contributed by atoms with E-state index in [0.717, 1.165) is 5.69 Å². The van der Waals surface area contributed by atoms with Crippen molar-refractivity contribution in [1.82, 2.24) is 9.78 Å². The van der Waals surface area contributed by atoms with Gasteiger partial charge in [0.15, 0.2) is 0 Å². The van der Waals surface area contributed by atoms with Gasteiger partial charge >= 0.3 is 5.97 Å². The molecule has 0 radical (unpaired) electrons. The van der Waals surface area contributed by atoms with Gasteiger partial charge in [0.05, 0.1) is 29.0 Å². The maximum Gasteiger partial charge on any atom is 0.340 e. The average Bonchev–Trinajstić information content (AvgIpc) is 3.11. The van der Waals surface area contributed by atoms with Crippen molar-refractivity contribution in [2.24, 2.45) is 0 Å². The molecular weight excluding hydrogens is 400 g/mol. The highest BCUT2D eigenvalue weighted by Gasteiger charge is 2.18. The van der Waals surface area contributed by atoms with Crippen LogP contribution >= 0.6 is 0 Å². The Balaban J connectivity index is 1.71. The lowest BCUT2D eigenvalue weighted by Crippen LogP contribution is -2.10. The maximum absolute atomic E-state index is 12.0. The molecule has 0 saturated heterocycles. The predicted molar refractivity (Wildman–Crippen MR) is 114 cm³/mol. The number of nitrogen functional groups attached to an aromatic ring is 1. The molecule has 158 valence electrons. The highest BCUT2D eigenvalue weighted by Crippen LogP contribution is 2.24. The minimum atomic E-state index is -0.674. The molecule has 0 amide bonds. The second-order valence-electron chi connectivity index (χ2n) is 6.57. The Morgan fingerprint density at radius 2 is 2.06 bits per heavy atom. The minimum absolute atomic E-state index is 0.0759. The summed E-state index contributed by atoms with van der Waals surface area (Å²) in [7, 11) is 1.21. The van der Waals surface area contributed by atoms with Gasteiger partial charge in [-0.15, -0.1) is 0 Å². The van der Waals surface area contributed by atoms with Gasteiger partial charge in [-0.25, -0.2) is 9.48 Å². The van der Waals surface area contributed by atoms with Crippen molar-refractivity contribution >= 4 is 23.2 Å². The number of para-hydroxylation sites is 1. The third kappa shape index (κ3) is 4.62. The van der Waals surface area contributed by atoms with Crippen LogP contribution in [0, 0.1) is 21.4 Å². The van der Waals surface area contributed by atoms with E-state index in [2.05, 4.69) is 16.5 Å². The SMILES string of the molecule is COC(=O)c1cc([N+](=O)[O-])ccc1NCCCc1nn(-c2ccccc2)c(N)c1C#N. The monoisotopic (exact) mass is 420 g/mol. The molecule has 3 rings (SSSR count). The first kappa shape index (κ1) is 21.3. The largest absolute Gasteiger partial charge is 0.465 e. The summed E-state index contributed by atoms with van der Waals surface area (Å²) in [5.74, 6) is -0.396. The number of anilines is 2. The van der Waals surface area contributed by atoms with E-state index in [1.54, 1.807) is 0 Å². The van der Waals surface area contributed by atoms with Crippen LogP contribution in [0.4, 0.5) is 17.2 Å². The summed E-state index contributed by atoms with van der Waals surface area (Å²) >= 11 is 0. The van der Waals surface area contributed by atoms with E-state index in [1.807, 2.05) is 30.3 Å². The van der Waals surface area contributed by atoms with Crippen LogP contribution in [-0.2, 0) is 11.2 Å². The Morgan fingerprint density at radius 3 is 2.71 bits per heavy atom. The number of nitrogens with one attached hydrogen (secondary N) is 1. The summed E-state index contributed by atoms with van der Waals surface area (Å²) in [4.78, 5) is 22.4. The van der Waals surface area contributed by atoms with E-state index in [9.17, 15) is 20.2 Å². The zero-order valence-corrected chi connectivity index (χ0v) is 16.7. The summed E-state index contributed by atoms with van der Waals surface area (Å²) in [6, 6.07) is 15.3. The number of aryl methyl sites for hydroxylation is 1. The number of nitrogens with two attached hydrogens (primary N) is 1. The predicted octanol–water partition coefficient (Wildman–Crippen LogP) is 3.07. The van der Waals surface area contributed by atoms with Gasteiger partial charge in [0.1, 0.15) is 17.5 Å². The molecule has 0 spiro atoms. The summed E-state index contributed by atoms with van der Waals surface area (Å²) in [5.41, 5.74) is 8.06.